The molecule has 1 aromatic carbocycles. The molecule has 2 aliphatic rings. The van der Waals surface area contributed by atoms with E-state index in [2.05, 4.69) is 35.2 Å². The summed E-state index contributed by atoms with van der Waals surface area (Å²) in [5.41, 5.74) is 1.83. The van der Waals surface area contributed by atoms with E-state index in [1.165, 1.54) is 31.2 Å². The average Bonchev–Trinajstić information content (AvgIpc) is 3.02. The Hall–Kier alpha value is -0.860. The van der Waals surface area contributed by atoms with Gasteiger partial charge in [0, 0.05) is 18.1 Å². The molecule has 2 fully saturated rings. The van der Waals surface area contributed by atoms with Crippen LogP contribution in [0.5, 0.6) is 0 Å². The molecule has 1 atom stereocenters. The molecule has 16 heavy (non-hydrogen) atoms. The van der Waals surface area contributed by atoms with E-state index >= 15 is 0 Å². The molecule has 2 heteroatoms. The van der Waals surface area contributed by atoms with Crippen LogP contribution in [0.1, 0.15) is 31.2 Å². The van der Waals surface area contributed by atoms with E-state index < -0.39 is 0 Å². The lowest BCUT2D eigenvalue weighted by Crippen LogP contribution is -2.38. The Bertz CT molecular complexity index is 358. The molecule has 2 nitrogen and oxygen atoms in total. The molecular formula is C14H19NO. The Labute approximate surface area is 96.9 Å². The summed E-state index contributed by atoms with van der Waals surface area (Å²) in [5, 5.41) is 9.43. The van der Waals surface area contributed by atoms with Gasteiger partial charge in [-0.3, -0.25) is 4.90 Å². The number of nitrogens with zero attached hydrogens (tertiary/aromatic N) is 1. The van der Waals surface area contributed by atoms with E-state index in [1.807, 2.05) is 0 Å². The molecule has 0 unspecified atom stereocenters. The van der Waals surface area contributed by atoms with Gasteiger partial charge in [0.05, 0.1) is 6.61 Å². The molecule has 1 aliphatic carbocycles. The highest BCUT2D eigenvalue weighted by atomic mass is 16.3. The minimum absolute atomic E-state index is 0.314. The molecule has 86 valence electrons. The van der Waals surface area contributed by atoms with Crippen LogP contribution in [0.2, 0.25) is 0 Å². The molecule has 1 N–H and O–H groups in total. The van der Waals surface area contributed by atoms with E-state index in [1.54, 1.807) is 0 Å². The number of likely N-dealkylation sites (tertiary alicyclic amines) is 1. The monoisotopic (exact) mass is 217 g/mol. The normalized spacial score (nSPS) is 27.4. The van der Waals surface area contributed by atoms with Crippen LogP contribution >= 0.6 is 0 Å². The fraction of sp³-hybridized carbons (Fsp3) is 0.571. The maximum absolute atomic E-state index is 9.43. The van der Waals surface area contributed by atoms with Crippen LogP contribution < -0.4 is 0 Å². The Kier molecular flexibility index (Phi) is 2.49. The van der Waals surface area contributed by atoms with Crippen LogP contribution in [0.25, 0.3) is 0 Å². The van der Waals surface area contributed by atoms with Crippen molar-refractivity contribution in [1.29, 1.82) is 0 Å². The summed E-state index contributed by atoms with van der Waals surface area (Å²) in [4.78, 5) is 2.54. The van der Waals surface area contributed by atoms with Gasteiger partial charge >= 0.3 is 0 Å². The fourth-order valence-electron chi connectivity index (χ4n) is 3.07. The molecule has 1 aliphatic heterocycles. The quantitative estimate of drug-likeness (QED) is 0.839. The summed E-state index contributed by atoms with van der Waals surface area (Å²) in [5.74, 6) is 0. The zero-order valence-electron chi connectivity index (χ0n) is 9.60. The lowest BCUT2D eigenvalue weighted by Gasteiger charge is -2.29. The summed E-state index contributed by atoms with van der Waals surface area (Å²) < 4.78 is 0. The van der Waals surface area contributed by atoms with Crippen LogP contribution in [0.3, 0.4) is 0 Å². The Balaban J connectivity index is 1.77. The third-order valence-electron chi connectivity index (χ3n) is 4.23. The number of hydrogen-bond acceptors (Lipinski definition) is 2. The van der Waals surface area contributed by atoms with E-state index in [4.69, 9.17) is 0 Å². The van der Waals surface area contributed by atoms with E-state index in [-0.39, 0.29) is 0 Å². The van der Waals surface area contributed by atoms with Crippen molar-refractivity contribution in [2.45, 2.75) is 43.8 Å². The first-order chi connectivity index (χ1) is 7.84. The van der Waals surface area contributed by atoms with E-state index in [9.17, 15) is 5.11 Å². The standard InChI is InChI=1S/C14H19NO/c16-11-13-6-7-14(8-9-14)15(13)10-12-4-2-1-3-5-12/h1-5,13,16H,6-11H2/t13-/m1/s1. The largest absolute Gasteiger partial charge is 0.395 e. The van der Waals surface area contributed by atoms with Crippen molar-refractivity contribution in [1.82, 2.24) is 4.90 Å². The summed E-state index contributed by atoms with van der Waals surface area (Å²) in [6.45, 7) is 1.32. The van der Waals surface area contributed by atoms with Crippen LogP contribution in [0, 0.1) is 0 Å². The third-order valence-corrected chi connectivity index (χ3v) is 4.23. The SMILES string of the molecule is OC[C@H]1CCC2(CC2)N1Cc1ccccc1. The van der Waals surface area contributed by atoms with Crippen molar-refractivity contribution in [2.24, 2.45) is 0 Å². The second kappa shape index (κ2) is 3.86. The zero-order valence-corrected chi connectivity index (χ0v) is 9.60. The Morgan fingerprint density at radius 1 is 1.19 bits per heavy atom. The number of rotatable bonds is 3. The van der Waals surface area contributed by atoms with E-state index in [0.717, 1.165) is 6.54 Å². The number of benzene rings is 1. The Morgan fingerprint density at radius 3 is 2.56 bits per heavy atom. The minimum Gasteiger partial charge on any atom is -0.395 e. The van der Waals surface area contributed by atoms with Gasteiger partial charge in [-0.2, -0.15) is 0 Å². The first-order valence-electron chi connectivity index (χ1n) is 6.26. The van der Waals surface area contributed by atoms with Gasteiger partial charge in [-0.25, -0.2) is 0 Å². The lowest BCUT2D eigenvalue weighted by molar-refractivity contribution is 0.112. The van der Waals surface area contributed by atoms with Crippen LogP contribution in [0.4, 0.5) is 0 Å². The smallest absolute Gasteiger partial charge is 0.0587 e. The number of aliphatic hydroxyl groups is 1. The second-order valence-electron chi connectivity index (χ2n) is 5.21. The van der Waals surface area contributed by atoms with E-state index in [0.29, 0.717) is 18.2 Å². The summed E-state index contributed by atoms with van der Waals surface area (Å²) in [7, 11) is 0. The topological polar surface area (TPSA) is 23.5 Å². The fourth-order valence-corrected chi connectivity index (χ4v) is 3.07. The maximum atomic E-state index is 9.43. The van der Waals surface area contributed by atoms with Gasteiger partial charge in [-0.05, 0) is 31.2 Å². The maximum Gasteiger partial charge on any atom is 0.0587 e. The van der Waals surface area contributed by atoms with Gasteiger partial charge in [0.2, 0.25) is 0 Å². The molecule has 0 radical (unpaired) electrons. The van der Waals surface area contributed by atoms with Crippen molar-refractivity contribution in [3.05, 3.63) is 35.9 Å². The van der Waals surface area contributed by atoms with Gasteiger partial charge < -0.3 is 5.11 Å². The summed E-state index contributed by atoms with van der Waals surface area (Å²) >= 11 is 0. The highest BCUT2D eigenvalue weighted by Crippen LogP contribution is 2.52. The number of hydrogen-bond donors (Lipinski definition) is 1. The average molecular weight is 217 g/mol. The lowest BCUT2D eigenvalue weighted by atomic mass is 10.1. The van der Waals surface area contributed by atoms with Gasteiger partial charge in [0.1, 0.15) is 0 Å². The molecule has 1 aromatic rings. The molecule has 0 amide bonds. The highest BCUT2D eigenvalue weighted by molar-refractivity contribution is 5.18. The third kappa shape index (κ3) is 1.66. The molecule has 3 rings (SSSR count). The second-order valence-corrected chi connectivity index (χ2v) is 5.21. The molecule has 1 heterocycles. The highest BCUT2D eigenvalue weighted by Gasteiger charge is 2.53. The molecule has 1 spiro atoms. The van der Waals surface area contributed by atoms with Crippen molar-refractivity contribution in [3.8, 4) is 0 Å². The first kappa shape index (κ1) is 10.3. The van der Waals surface area contributed by atoms with Gasteiger partial charge in [0.15, 0.2) is 0 Å². The Morgan fingerprint density at radius 2 is 1.94 bits per heavy atom. The first-order valence-corrected chi connectivity index (χ1v) is 6.26. The minimum atomic E-state index is 0.314. The van der Waals surface area contributed by atoms with Gasteiger partial charge in [-0.15, -0.1) is 0 Å². The van der Waals surface area contributed by atoms with Gasteiger partial charge in [0.25, 0.3) is 0 Å². The molecule has 1 saturated heterocycles. The van der Waals surface area contributed by atoms with Crippen molar-refractivity contribution in [2.75, 3.05) is 6.61 Å². The van der Waals surface area contributed by atoms with Crippen molar-refractivity contribution < 1.29 is 5.11 Å². The number of aliphatic hydroxyl groups excluding tert-OH is 1. The molecule has 0 aromatic heterocycles. The molecule has 1 saturated carbocycles. The molecule has 0 bridgehead atoms. The zero-order chi connectivity index (χ0) is 11.0. The van der Waals surface area contributed by atoms with Crippen molar-refractivity contribution in [3.63, 3.8) is 0 Å². The van der Waals surface area contributed by atoms with Crippen molar-refractivity contribution >= 4 is 0 Å². The molecular weight excluding hydrogens is 198 g/mol. The van der Waals surface area contributed by atoms with Crippen LogP contribution in [-0.2, 0) is 6.54 Å². The van der Waals surface area contributed by atoms with Gasteiger partial charge in [-0.1, -0.05) is 30.3 Å². The predicted molar refractivity (Wildman–Crippen MR) is 64.1 cm³/mol. The van der Waals surface area contributed by atoms with Crippen LogP contribution in [-0.4, -0.2) is 28.2 Å². The van der Waals surface area contributed by atoms with Crippen LogP contribution in [0.15, 0.2) is 30.3 Å². The summed E-state index contributed by atoms with van der Waals surface area (Å²) in [6, 6.07) is 11.0. The summed E-state index contributed by atoms with van der Waals surface area (Å²) in [6.07, 6.45) is 5.11. The predicted octanol–water partition coefficient (Wildman–Crippen LogP) is 2.18.